The van der Waals surface area contributed by atoms with Crippen LogP contribution >= 0.6 is 0 Å². The summed E-state index contributed by atoms with van der Waals surface area (Å²) in [6, 6.07) is 0. The van der Waals surface area contributed by atoms with Gasteiger partial charge in [-0.25, -0.2) is 8.78 Å². The van der Waals surface area contributed by atoms with Crippen molar-refractivity contribution in [2.45, 2.75) is 111 Å². The van der Waals surface area contributed by atoms with Gasteiger partial charge in [0.05, 0.1) is 19.8 Å². The molecule has 0 aromatic carbocycles. The fourth-order valence-electron chi connectivity index (χ4n) is 8.79. The van der Waals surface area contributed by atoms with E-state index < -0.39 is 11.8 Å². The Morgan fingerprint density at radius 3 is 2.57 bits per heavy atom. The zero-order chi connectivity index (χ0) is 25.6. The van der Waals surface area contributed by atoms with E-state index in [0.29, 0.717) is 23.7 Å². The summed E-state index contributed by atoms with van der Waals surface area (Å²) in [4.78, 5) is 11.7. The molecule has 3 nitrogen and oxygen atoms in total. The van der Waals surface area contributed by atoms with E-state index in [0.717, 1.165) is 49.9 Å². The molecule has 5 heteroatoms. The van der Waals surface area contributed by atoms with Gasteiger partial charge < -0.3 is 9.47 Å². The minimum absolute atomic E-state index is 0.0734. The number of alkyl halides is 2. The van der Waals surface area contributed by atoms with Crippen molar-refractivity contribution in [1.82, 2.24) is 0 Å². The van der Waals surface area contributed by atoms with Crippen LogP contribution in [-0.2, 0) is 14.3 Å². The molecule has 0 bridgehead atoms. The van der Waals surface area contributed by atoms with Crippen molar-refractivity contribution in [2.24, 2.45) is 45.8 Å². The monoisotopic (exact) mass is 494 g/mol. The summed E-state index contributed by atoms with van der Waals surface area (Å²) in [5, 5.41) is 0. The third-order valence-electron chi connectivity index (χ3n) is 11.1. The van der Waals surface area contributed by atoms with Crippen molar-refractivity contribution in [3.05, 3.63) is 11.6 Å². The van der Waals surface area contributed by atoms with Crippen molar-refractivity contribution in [1.29, 1.82) is 0 Å². The molecule has 0 amide bonds. The van der Waals surface area contributed by atoms with Gasteiger partial charge in [-0.05, 0) is 98.2 Å². The van der Waals surface area contributed by atoms with E-state index in [1.807, 2.05) is 0 Å². The molecule has 4 aliphatic carbocycles. The molecule has 0 spiro atoms. The summed E-state index contributed by atoms with van der Waals surface area (Å²) in [6.45, 7) is 10.7. The molecule has 4 rings (SSSR count). The lowest BCUT2D eigenvalue weighted by atomic mass is 9.47. The smallest absolute Gasteiger partial charge is 0.305 e. The fraction of sp³-hybridized carbons (Fsp3) is 0.900. The van der Waals surface area contributed by atoms with Gasteiger partial charge >= 0.3 is 5.97 Å². The van der Waals surface area contributed by atoms with Gasteiger partial charge in [-0.3, -0.25) is 4.79 Å². The Morgan fingerprint density at radius 1 is 1.14 bits per heavy atom. The maximum Gasteiger partial charge on any atom is 0.305 e. The zero-order valence-electron chi connectivity index (χ0n) is 22.9. The number of hydrogen-bond acceptors (Lipinski definition) is 3. The summed E-state index contributed by atoms with van der Waals surface area (Å²) in [6.07, 6.45) is 11.0. The van der Waals surface area contributed by atoms with Crippen LogP contribution in [0.2, 0.25) is 0 Å². The molecule has 8 atom stereocenters. The van der Waals surface area contributed by atoms with Crippen molar-refractivity contribution < 1.29 is 23.0 Å². The molecule has 0 saturated heterocycles. The molecule has 0 aliphatic heterocycles. The van der Waals surface area contributed by atoms with E-state index in [-0.39, 0.29) is 24.1 Å². The third-order valence-corrected chi connectivity index (χ3v) is 11.1. The van der Waals surface area contributed by atoms with Gasteiger partial charge in [0.25, 0.3) is 0 Å². The molecule has 3 saturated carbocycles. The van der Waals surface area contributed by atoms with Crippen LogP contribution in [0.3, 0.4) is 0 Å². The van der Waals surface area contributed by atoms with Gasteiger partial charge in [-0.1, -0.05) is 46.3 Å². The second-order valence-corrected chi connectivity index (χ2v) is 13.5. The molecule has 0 unspecified atom stereocenters. The number of allylic oxidation sites excluding steroid dienone is 1. The van der Waals surface area contributed by atoms with Gasteiger partial charge in [0.1, 0.15) is 0 Å². The average molecular weight is 495 g/mol. The molecule has 35 heavy (non-hydrogen) atoms. The molecule has 3 fully saturated rings. The minimum atomic E-state index is -2.36. The topological polar surface area (TPSA) is 35.5 Å². The number of carbonyl (C=O) groups is 1. The first-order valence-corrected chi connectivity index (χ1v) is 14.1. The maximum absolute atomic E-state index is 13.3. The summed E-state index contributed by atoms with van der Waals surface area (Å²) >= 11 is 0. The molecule has 0 aromatic heterocycles. The van der Waals surface area contributed by atoms with E-state index in [1.165, 1.54) is 38.4 Å². The predicted octanol–water partition coefficient (Wildman–Crippen LogP) is 7.83. The first kappa shape index (κ1) is 27.1. The van der Waals surface area contributed by atoms with Gasteiger partial charge in [-0.15, -0.1) is 0 Å². The lowest BCUT2D eigenvalue weighted by molar-refractivity contribution is -0.141. The average Bonchev–Trinajstić information content (AvgIpc) is 3.18. The lowest BCUT2D eigenvalue weighted by Crippen LogP contribution is -2.51. The van der Waals surface area contributed by atoms with E-state index in [9.17, 15) is 13.6 Å². The van der Waals surface area contributed by atoms with Gasteiger partial charge in [-0.2, -0.15) is 0 Å². The third kappa shape index (κ3) is 4.97. The molecule has 0 radical (unpaired) electrons. The fourth-order valence-corrected chi connectivity index (χ4v) is 8.79. The van der Waals surface area contributed by atoms with Crippen LogP contribution in [0.1, 0.15) is 98.8 Å². The quantitative estimate of drug-likeness (QED) is 0.255. The summed E-state index contributed by atoms with van der Waals surface area (Å²) in [5.41, 5.74) is 1.05. The second-order valence-electron chi connectivity index (χ2n) is 13.5. The van der Waals surface area contributed by atoms with E-state index in [4.69, 9.17) is 9.47 Å². The number of fused-ring (bicyclic) bond motifs is 5. The van der Waals surface area contributed by atoms with Crippen molar-refractivity contribution in [3.8, 4) is 0 Å². The number of rotatable bonds is 8. The van der Waals surface area contributed by atoms with E-state index in [2.05, 4.69) is 26.8 Å². The summed E-state index contributed by atoms with van der Waals surface area (Å²) in [7, 11) is 1.48. The summed E-state index contributed by atoms with van der Waals surface area (Å²) in [5.74, 6) is 3.39. The van der Waals surface area contributed by atoms with Crippen LogP contribution in [0.4, 0.5) is 8.78 Å². The predicted molar refractivity (Wildman–Crippen MR) is 135 cm³/mol. The Kier molecular flexibility index (Phi) is 7.78. The largest absolute Gasteiger partial charge is 0.469 e. The van der Waals surface area contributed by atoms with Crippen molar-refractivity contribution >= 4 is 5.97 Å². The summed E-state index contributed by atoms with van der Waals surface area (Å²) < 4.78 is 37.5. The molecular formula is C30H48F2O3. The van der Waals surface area contributed by atoms with Gasteiger partial charge in [0, 0.05) is 11.8 Å². The lowest BCUT2D eigenvalue weighted by Gasteiger charge is -2.58. The number of esters is 1. The number of methoxy groups -OCH3 is 1. The standard InChI is InChI=1S/C30H48F2O3/c1-19(7-12-26(33)34-6)23-10-11-24-22-9-8-20-17-21(35-18-28(2,3)27(31)32)13-15-29(20,4)25(22)14-16-30(23,24)5/h8,19,21-25,27H,7,9-18H2,1-6H3/t19-,21+,22+,23-,24+,25+,29+,30-/m1/s1. The highest BCUT2D eigenvalue weighted by molar-refractivity contribution is 5.69. The highest BCUT2D eigenvalue weighted by Gasteiger charge is 2.59. The number of ether oxygens (including phenoxy) is 2. The van der Waals surface area contributed by atoms with Crippen molar-refractivity contribution in [2.75, 3.05) is 13.7 Å². The highest BCUT2D eigenvalue weighted by atomic mass is 19.3. The first-order chi connectivity index (χ1) is 16.4. The van der Waals surface area contributed by atoms with Crippen LogP contribution in [0.15, 0.2) is 11.6 Å². The van der Waals surface area contributed by atoms with Gasteiger partial charge in [0.2, 0.25) is 6.43 Å². The molecule has 0 heterocycles. The van der Waals surface area contributed by atoms with E-state index in [1.54, 1.807) is 13.8 Å². The van der Waals surface area contributed by atoms with Crippen LogP contribution in [0, 0.1) is 45.8 Å². The van der Waals surface area contributed by atoms with Crippen LogP contribution in [0.25, 0.3) is 0 Å². The van der Waals surface area contributed by atoms with Gasteiger partial charge in [0.15, 0.2) is 0 Å². The molecule has 200 valence electrons. The molecule has 0 aromatic rings. The Labute approximate surface area is 211 Å². The van der Waals surface area contributed by atoms with Crippen LogP contribution in [0.5, 0.6) is 0 Å². The number of halogens is 2. The first-order valence-electron chi connectivity index (χ1n) is 14.1. The van der Waals surface area contributed by atoms with Crippen molar-refractivity contribution in [3.63, 3.8) is 0 Å². The Hall–Kier alpha value is -0.970. The number of hydrogen-bond donors (Lipinski definition) is 0. The number of carbonyl (C=O) groups excluding carboxylic acids is 1. The minimum Gasteiger partial charge on any atom is -0.469 e. The Morgan fingerprint density at radius 2 is 1.89 bits per heavy atom. The maximum atomic E-state index is 13.3. The van der Waals surface area contributed by atoms with Crippen LogP contribution in [-0.4, -0.2) is 32.2 Å². The molecular weight excluding hydrogens is 446 g/mol. The SMILES string of the molecule is COC(=O)CC[C@@H](C)[C@H]1CC[C@H]2[C@@H]3CC=C4C[C@@H](OCC(C)(C)C(F)F)CC[C@]4(C)[C@H]3CC[C@]12C. The molecule has 0 N–H and O–H groups in total. The molecule has 4 aliphatic rings. The second kappa shape index (κ2) is 10.1. The normalized spacial score (nSPS) is 39.9. The highest BCUT2D eigenvalue weighted by Crippen LogP contribution is 2.67. The Bertz CT molecular complexity index is 807. The zero-order valence-corrected chi connectivity index (χ0v) is 22.9. The van der Waals surface area contributed by atoms with E-state index >= 15 is 0 Å². The van der Waals surface area contributed by atoms with Crippen LogP contribution < -0.4 is 0 Å². The Balaban J connectivity index is 1.43.